The largest absolute Gasteiger partial charge is 0.379 e. The van der Waals surface area contributed by atoms with Crippen LogP contribution < -0.4 is 10.6 Å². The van der Waals surface area contributed by atoms with Gasteiger partial charge in [0.15, 0.2) is 5.96 Å². The van der Waals surface area contributed by atoms with Gasteiger partial charge < -0.3 is 20.3 Å². The van der Waals surface area contributed by atoms with Gasteiger partial charge in [-0.05, 0) is 27.3 Å². The van der Waals surface area contributed by atoms with Crippen molar-refractivity contribution in [2.24, 2.45) is 4.99 Å². The van der Waals surface area contributed by atoms with Crippen LogP contribution in [0.3, 0.4) is 0 Å². The molecule has 2 aliphatic rings. The molecule has 2 rings (SSSR count). The molecule has 2 unspecified atom stereocenters. The van der Waals surface area contributed by atoms with Gasteiger partial charge >= 0.3 is 0 Å². The zero-order valence-corrected chi connectivity index (χ0v) is 17.3. The van der Waals surface area contributed by atoms with Crippen molar-refractivity contribution in [1.82, 2.24) is 25.3 Å². The van der Waals surface area contributed by atoms with Gasteiger partial charge in [0.25, 0.3) is 0 Å². The summed E-state index contributed by atoms with van der Waals surface area (Å²) in [7, 11) is 0. The molecule has 0 saturated carbocycles. The van der Waals surface area contributed by atoms with Gasteiger partial charge in [0, 0.05) is 64.4 Å². The number of aliphatic imine (C=N–C) groups is 1. The summed E-state index contributed by atoms with van der Waals surface area (Å²) in [4.78, 5) is 12.4. The normalized spacial score (nSPS) is 23.6. The summed E-state index contributed by atoms with van der Waals surface area (Å²) >= 11 is 0. The van der Waals surface area contributed by atoms with Crippen molar-refractivity contribution in [3.63, 3.8) is 0 Å². The van der Waals surface area contributed by atoms with E-state index in [1.165, 1.54) is 32.7 Å². The van der Waals surface area contributed by atoms with Crippen LogP contribution in [0.25, 0.3) is 0 Å². The second kappa shape index (κ2) is 11.7. The van der Waals surface area contributed by atoms with Gasteiger partial charge in [0.05, 0.1) is 19.8 Å². The summed E-state index contributed by atoms with van der Waals surface area (Å²) in [6, 6.07) is 0.975. The highest BCUT2D eigenvalue weighted by Crippen LogP contribution is 2.06. The van der Waals surface area contributed by atoms with Crippen LogP contribution in [0.1, 0.15) is 27.7 Å². The molecule has 26 heavy (non-hydrogen) atoms. The summed E-state index contributed by atoms with van der Waals surface area (Å²) in [6.45, 7) is 21.2. The molecule has 2 fully saturated rings. The van der Waals surface area contributed by atoms with Gasteiger partial charge in [-0.1, -0.05) is 6.92 Å². The topological polar surface area (TPSA) is 55.4 Å². The molecule has 0 spiro atoms. The fraction of sp³-hybridized carbons (Fsp3) is 0.947. The quantitative estimate of drug-likeness (QED) is 0.474. The van der Waals surface area contributed by atoms with Gasteiger partial charge in [-0.25, -0.2) is 0 Å². The maximum absolute atomic E-state index is 5.44. The standard InChI is InChI=1S/C19H40N6O/c1-5-20-19(22-16-18(4)25-11-13-26-14-12-25)21-15-17(3)24-9-7-23(6-2)8-10-24/h17-18H,5-16H2,1-4H3,(H2,20,21,22). The van der Waals surface area contributed by atoms with Crippen LogP contribution in [0.2, 0.25) is 0 Å². The Labute approximate surface area is 160 Å². The molecule has 2 heterocycles. The molecule has 2 saturated heterocycles. The highest BCUT2D eigenvalue weighted by Gasteiger charge is 2.20. The van der Waals surface area contributed by atoms with Crippen LogP contribution in [-0.4, -0.2) is 111 Å². The minimum Gasteiger partial charge on any atom is -0.379 e. The van der Waals surface area contributed by atoms with Crippen molar-refractivity contribution in [3.05, 3.63) is 0 Å². The van der Waals surface area contributed by atoms with Crippen molar-refractivity contribution in [2.75, 3.05) is 78.7 Å². The van der Waals surface area contributed by atoms with Crippen LogP contribution in [0.15, 0.2) is 4.99 Å². The SMILES string of the molecule is CCNC(=NCC(C)N1CCOCC1)NCC(C)N1CCN(CC)CC1. The zero-order valence-electron chi connectivity index (χ0n) is 17.3. The molecule has 0 aromatic heterocycles. The van der Waals surface area contributed by atoms with Crippen molar-refractivity contribution in [3.8, 4) is 0 Å². The lowest BCUT2D eigenvalue weighted by molar-refractivity contribution is 0.0220. The lowest BCUT2D eigenvalue weighted by Crippen LogP contribution is -2.53. The predicted molar refractivity (Wildman–Crippen MR) is 109 cm³/mol. The van der Waals surface area contributed by atoms with E-state index in [-0.39, 0.29) is 0 Å². The summed E-state index contributed by atoms with van der Waals surface area (Å²) in [6.07, 6.45) is 0. The van der Waals surface area contributed by atoms with Crippen molar-refractivity contribution in [2.45, 2.75) is 39.8 Å². The number of ether oxygens (including phenoxy) is 1. The number of nitrogens with one attached hydrogen (secondary N) is 2. The van der Waals surface area contributed by atoms with Crippen LogP contribution in [0.4, 0.5) is 0 Å². The molecule has 7 nitrogen and oxygen atoms in total. The number of guanidine groups is 1. The van der Waals surface area contributed by atoms with Gasteiger partial charge in [-0.3, -0.25) is 14.8 Å². The third kappa shape index (κ3) is 7.02. The Morgan fingerprint density at radius 2 is 1.58 bits per heavy atom. The molecule has 0 aromatic rings. The first-order chi connectivity index (χ1) is 12.6. The molecule has 7 heteroatoms. The minimum atomic E-state index is 0.453. The summed E-state index contributed by atoms with van der Waals surface area (Å²) in [5.41, 5.74) is 0. The number of piperazine rings is 1. The minimum absolute atomic E-state index is 0.453. The fourth-order valence-corrected chi connectivity index (χ4v) is 3.59. The lowest BCUT2D eigenvalue weighted by atomic mass is 10.2. The maximum atomic E-state index is 5.44. The Balaban J connectivity index is 1.75. The van der Waals surface area contributed by atoms with Crippen molar-refractivity contribution in [1.29, 1.82) is 0 Å². The first kappa shape index (κ1) is 21.4. The molecular weight excluding hydrogens is 328 g/mol. The number of hydrogen-bond donors (Lipinski definition) is 2. The van der Waals surface area contributed by atoms with E-state index in [1.54, 1.807) is 0 Å². The van der Waals surface area contributed by atoms with Crippen LogP contribution in [-0.2, 0) is 4.74 Å². The van der Waals surface area contributed by atoms with Crippen molar-refractivity contribution < 1.29 is 4.74 Å². The monoisotopic (exact) mass is 368 g/mol. The van der Waals surface area contributed by atoms with E-state index in [0.717, 1.165) is 51.9 Å². The van der Waals surface area contributed by atoms with E-state index in [1.807, 2.05) is 0 Å². The predicted octanol–water partition coefficient (Wildman–Crippen LogP) is 0.288. The Morgan fingerprint density at radius 3 is 2.19 bits per heavy atom. The summed E-state index contributed by atoms with van der Waals surface area (Å²) in [5, 5.41) is 6.93. The van der Waals surface area contributed by atoms with Crippen LogP contribution in [0, 0.1) is 0 Å². The summed E-state index contributed by atoms with van der Waals surface area (Å²) in [5.74, 6) is 0.937. The molecule has 2 atom stereocenters. The number of nitrogens with zero attached hydrogens (tertiary/aromatic N) is 4. The number of morpholine rings is 1. The second-order valence-corrected chi connectivity index (χ2v) is 7.42. The van der Waals surface area contributed by atoms with E-state index < -0.39 is 0 Å². The molecule has 0 bridgehead atoms. The molecule has 2 aliphatic heterocycles. The van der Waals surface area contributed by atoms with E-state index in [9.17, 15) is 0 Å². The Hall–Kier alpha value is -0.890. The number of rotatable bonds is 8. The van der Waals surface area contributed by atoms with E-state index in [0.29, 0.717) is 12.1 Å². The average molecular weight is 369 g/mol. The molecule has 2 N–H and O–H groups in total. The van der Waals surface area contributed by atoms with Gasteiger partial charge in [-0.2, -0.15) is 0 Å². The number of likely N-dealkylation sites (N-methyl/N-ethyl adjacent to an activating group) is 1. The van der Waals surface area contributed by atoms with Crippen LogP contribution in [0.5, 0.6) is 0 Å². The Morgan fingerprint density at radius 1 is 0.923 bits per heavy atom. The maximum Gasteiger partial charge on any atom is 0.191 e. The third-order valence-corrected chi connectivity index (χ3v) is 5.57. The molecule has 0 aliphatic carbocycles. The fourth-order valence-electron chi connectivity index (χ4n) is 3.59. The smallest absolute Gasteiger partial charge is 0.191 e. The van der Waals surface area contributed by atoms with Gasteiger partial charge in [0.2, 0.25) is 0 Å². The molecule has 152 valence electrons. The molecular formula is C19H40N6O. The average Bonchev–Trinajstić information content (AvgIpc) is 2.70. The lowest BCUT2D eigenvalue weighted by Gasteiger charge is -2.37. The van der Waals surface area contributed by atoms with E-state index >= 15 is 0 Å². The molecule has 0 aromatic carbocycles. The molecule has 0 amide bonds. The first-order valence-corrected chi connectivity index (χ1v) is 10.4. The highest BCUT2D eigenvalue weighted by atomic mass is 16.5. The van der Waals surface area contributed by atoms with E-state index in [2.05, 4.69) is 53.0 Å². The first-order valence-electron chi connectivity index (χ1n) is 10.4. The van der Waals surface area contributed by atoms with Gasteiger partial charge in [-0.15, -0.1) is 0 Å². The van der Waals surface area contributed by atoms with E-state index in [4.69, 9.17) is 9.73 Å². The Kier molecular flexibility index (Phi) is 9.67. The zero-order chi connectivity index (χ0) is 18.8. The second-order valence-electron chi connectivity index (χ2n) is 7.42. The van der Waals surface area contributed by atoms with Crippen molar-refractivity contribution >= 4 is 5.96 Å². The highest BCUT2D eigenvalue weighted by molar-refractivity contribution is 5.79. The summed E-state index contributed by atoms with van der Waals surface area (Å²) < 4.78 is 5.44. The van der Waals surface area contributed by atoms with Gasteiger partial charge in [0.1, 0.15) is 0 Å². The van der Waals surface area contributed by atoms with Crippen LogP contribution >= 0.6 is 0 Å². The Bertz CT molecular complexity index is 405. The third-order valence-electron chi connectivity index (χ3n) is 5.57. The molecule has 0 radical (unpaired) electrons. The number of hydrogen-bond acceptors (Lipinski definition) is 5.